The molecule has 3 unspecified atom stereocenters. The van der Waals surface area contributed by atoms with E-state index in [4.69, 9.17) is 35.8 Å². The topological polar surface area (TPSA) is 72.5 Å². The molecule has 1 rings (SSSR count). The van der Waals surface area contributed by atoms with Crippen LogP contribution in [-0.2, 0) is 32.6 Å². The molecule has 1 fully saturated rings. The summed E-state index contributed by atoms with van der Waals surface area (Å²) in [6, 6.07) is -0.687. The lowest BCUT2D eigenvalue weighted by atomic mass is 9.93. The number of unbranched alkanes of at least 4 members (excludes halogenated alkanes) is 1. The van der Waals surface area contributed by atoms with Crippen LogP contribution in [-0.4, -0.2) is 79.0 Å². The third kappa shape index (κ3) is 7.67. The zero-order chi connectivity index (χ0) is 18.7. The van der Waals surface area contributed by atoms with Gasteiger partial charge in [-0.15, -0.1) is 0 Å². The summed E-state index contributed by atoms with van der Waals surface area (Å²) < 4.78 is 46.0. The van der Waals surface area contributed by atoms with E-state index in [0.29, 0.717) is 39.0 Å². The van der Waals surface area contributed by atoms with Gasteiger partial charge in [-0.1, -0.05) is 20.3 Å². The van der Waals surface area contributed by atoms with E-state index in [-0.39, 0.29) is 0 Å². The number of methoxy groups -OCH3 is 1. The zero-order valence-electron chi connectivity index (χ0n) is 15.8. The van der Waals surface area contributed by atoms with Crippen molar-refractivity contribution in [3.63, 3.8) is 0 Å². The lowest BCUT2D eigenvalue weighted by molar-refractivity contribution is -0.0415. The predicted molar refractivity (Wildman–Crippen MR) is 96.4 cm³/mol. The Morgan fingerprint density at radius 1 is 1.08 bits per heavy atom. The second kappa shape index (κ2) is 12.4. The molecule has 0 amide bonds. The van der Waals surface area contributed by atoms with Gasteiger partial charge in [0.1, 0.15) is 26.2 Å². The van der Waals surface area contributed by atoms with Crippen LogP contribution in [0.15, 0.2) is 0 Å². The van der Waals surface area contributed by atoms with Crippen molar-refractivity contribution in [3.05, 3.63) is 0 Å². The Labute approximate surface area is 153 Å². The average molecular weight is 378 g/mol. The largest absolute Gasteiger partial charge is 0.382 e. The quantitative estimate of drug-likeness (QED) is 0.261. The first-order valence-electron chi connectivity index (χ1n) is 8.93. The van der Waals surface area contributed by atoms with Gasteiger partial charge in [0, 0.05) is 33.0 Å². The third-order valence-corrected chi connectivity index (χ3v) is 6.04. The Morgan fingerprint density at radius 2 is 1.84 bits per heavy atom. The van der Waals surface area contributed by atoms with E-state index in [2.05, 4.69) is 6.92 Å². The Kier molecular flexibility index (Phi) is 11.5. The molecular weight excluding hydrogens is 346 g/mol. The minimum atomic E-state index is -3.24. The summed E-state index contributed by atoms with van der Waals surface area (Å²) in [6.07, 6.45) is 1.37. The number of hydrogen-bond donors (Lipinski definition) is 0. The highest BCUT2D eigenvalue weighted by Crippen LogP contribution is 2.51. The molecule has 9 heteroatoms. The van der Waals surface area contributed by atoms with Gasteiger partial charge in [-0.3, -0.25) is 9.09 Å². The van der Waals surface area contributed by atoms with E-state index in [9.17, 15) is 4.57 Å². The predicted octanol–water partition coefficient (Wildman–Crippen LogP) is 2.36. The van der Waals surface area contributed by atoms with Crippen molar-refractivity contribution in [2.24, 2.45) is 0 Å². The average Bonchev–Trinajstić information content (AvgIpc) is 2.87. The molecule has 1 heterocycles. The normalized spacial score (nSPS) is 29.0. The molecule has 0 spiro atoms. The summed E-state index contributed by atoms with van der Waals surface area (Å²) in [5, 5.41) is 0. The van der Waals surface area contributed by atoms with E-state index < -0.39 is 31.9 Å². The van der Waals surface area contributed by atoms with E-state index >= 15 is 0 Å². The zero-order valence-corrected chi connectivity index (χ0v) is 16.7. The highest BCUT2D eigenvalue weighted by Gasteiger charge is 2.47. The molecule has 1 aliphatic rings. The van der Waals surface area contributed by atoms with Gasteiger partial charge in [0.15, 0.2) is 0 Å². The van der Waals surface area contributed by atoms with Gasteiger partial charge >= 0.3 is 7.60 Å². The Morgan fingerprint density at radius 3 is 2.44 bits per heavy atom. The molecule has 0 N–H and O–H groups in total. The Bertz CT molecular complexity index is 399. The first kappa shape index (κ1) is 23.1. The smallest absolute Gasteiger partial charge is 0.330 e. The van der Waals surface area contributed by atoms with Crippen molar-refractivity contribution < 1.29 is 32.6 Å². The van der Waals surface area contributed by atoms with Crippen molar-refractivity contribution in [3.8, 4) is 0 Å². The highest BCUT2D eigenvalue weighted by molar-refractivity contribution is 7.53. The maximum absolute atomic E-state index is 12.8. The van der Waals surface area contributed by atoms with Crippen LogP contribution in [0.2, 0.25) is 0 Å². The number of rotatable bonds is 14. The third-order valence-electron chi connectivity index (χ3n) is 3.93. The van der Waals surface area contributed by atoms with Crippen LogP contribution in [0, 0.1) is 0 Å². The van der Waals surface area contributed by atoms with Crippen LogP contribution in [0.3, 0.4) is 0 Å². The molecule has 5 atom stereocenters. The van der Waals surface area contributed by atoms with Crippen molar-refractivity contribution in [2.45, 2.75) is 57.4 Å². The second-order valence-electron chi connectivity index (χ2n) is 5.98. The van der Waals surface area contributed by atoms with Crippen molar-refractivity contribution in [1.82, 2.24) is 0 Å². The van der Waals surface area contributed by atoms with E-state index in [1.807, 2.05) is 6.92 Å². The molecule has 1 saturated heterocycles. The molecule has 146 valence electrons. The standard InChI is InChI=1S/C16H32BO7P/c1-5-7-8-21-12-13-14(24-25(18,20-4)11-6-2)15(16(17)23-13)22-10-9-19-3/h13-16H,5-12H2,1-4H3/t13?,14?,15-,16+,25?/m0/s1. The SMILES string of the molecule is [B][C@@H]1OC(COCCCC)C(OP(=O)(CCC)OC)[C@@H]1OCCOC. The van der Waals surface area contributed by atoms with Crippen LogP contribution in [0.25, 0.3) is 0 Å². The highest BCUT2D eigenvalue weighted by atomic mass is 31.2. The molecule has 7 nitrogen and oxygen atoms in total. The maximum atomic E-state index is 12.8. The minimum absolute atomic E-state index is 0.304. The molecular formula is C16H32BO7P. The van der Waals surface area contributed by atoms with Gasteiger partial charge in [-0.05, 0) is 12.8 Å². The summed E-state index contributed by atoms with van der Waals surface area (Å²) >= 11 is 0. The van der Waals surface area contributed by atoms with Gasteiger partial charge in [-0.25, -0.2) is 0 Å². The molecule has 0 aromatic carbocycles. The van der Waals surface area contributed by atoms with Crippen molar-refractivity contribution in [1.29, 1.82) is 0 Å². The second-order valence-corrected chi connectivity index (χ2v) is 8.23. The van der Waals surface area contributed by atoms with Crippen LogP contribution in [0.1, 0.15) is 33.1 Å². The molecule has 0 bridgehead atoms. The molecule has 25 heavy (non-hydrogen) atoms. The lowest BCUT2D eigenvalue weighted by Gasteiger charge is -2.27. The number of hydrogen-bond acceptors (Lipinski definition) is 7. The number of ether oxygens (including phenoxy) is 4. The molecule has 0 aromatic rings. The summed E-state index contributed by atoms with van der Waals surface area (Å²) in [4.78, 5) is 0. The van der Waals surface area contributed by atoms with Gasteiger partial charge < -0.3 is 23.5 Å². The maximum Gasteiger partial charge on any atom is 0.330 e. The van der Waals surface area contributed by atoms with E-state index in [1.165, 1.54) is 7.11 Å². The molecule has 2 radical (unpaired) electrons. The van der Waals surface area contributed by atoms with Crippen LogP contribution < -0.4 is 0 Å². The van der Waals surface area contributed by atoms with Gasteiger partial charge in [0.2, 0.25) is 0 Å². The first-order valence-corrected chi connectivity index (χ1v) is 10.7. The summed E-state index contributed by atoms with van der Waals surface area (Å²) in [5.74, 6) is 0. The fraction of sp³-hybridized carbons (Fsp3) is 1.00. The van der Waals surface area contributed by atoms with Crippen molar-refractivity contribution >= 4 is 15.4 Å². The molecule has 0 aromatic heterocycles. The fourth-order valence-corrected chi connectivity index (χ4v) is 4.12. The van der Waals surface area contributed by atoms with E-state index in [0.717, 1.165) is 12.8 Å². The van der Waals surface area contributed by atoms with Crippen LogP contribution in [0.4, 0.5) is 0 Å². The van der Waals surface area contributed by atoms with Crippen LogP contribution >= 0.6 is 7.60 Å². The lowest BCUT2D eigenvalue weighted by Crippen LogP contribution is -2.39. The van der Waals surface area contributed by atoms with Crippen LogP contribution in [0.5, 0.6) is 0 Å². The summed E-state index contributed by atoms with van der Waals surface area (Å²) in [6.45, 7) is 5.71. The molecule has 0 aliphatic carbocycles. The summed E-state index contributed by atoms with van der Waals surface area (Å²) in [5.41, 5.74) is 0. The first-order chi connectivity index (χ1) is 12.0. The van der Waals surface area contributed by atoms with Gasteiger partial charge in [-0.2, -0.15) is 0 Å². The monoisotopic (exact) mass is 378 g/mol. The van der Waals surface area contributed by atoms with Crippen molar-refractivity contribution in [2.75, 3.05) is 46.8 Å². The Balaban J connectivity index is 2.78. The fourth-order valence-electron chi connectivity index (χ4n) is 2.57. The molecule has 1 aliphatic heterocycles. The van der Waals surface area contributed by atoms with Gasteiger partial charge in [0.25, 0.3) is 0 Å². The Hall–Kier alpha value is 0.0549. The van der Waals surface area contributed by atoms with E-state index in [1.54, 1.807) is 7.11 Å². The minimum Gasteiger partial charge on any atom is -0.382 e. The van der Waals surface area contributed by atoms with Gasteiger partial charge in [0.05, 0.1) is 19.8 Å². The molecule has 0 saturated carbocycles. The summed E-state index contributed by atoms with van der Waals surface area (Å²) in [7, 11) is 5.79.